The van der Waals surface area contributed by atoms with Crippen LogP contribution in [0.1, 0.15) is 22.4 Å². The smallest absolute Gasteiger partial charge is 0.379 e. The normalized spacial score (nSPS) is 25.4. The van der Waals surface area contributed by atoms with Crippen LogP contribution < -0.4 is 5.73 Å². The number of ether oxygens (including phenoxy) is 1. The van der Waals surface area contributed by atoms with E-state index in [4.69, 9.17) is 27.3 Å². The van der Waals surface area contributed by atoms with Crippen LogP contribution >= 0.6 is 23.4 Å². The number of hydrogen-bond donors (Lipinski definition) is 1. The van der Waals surface area contributed by atoms with Crippen molar-refractivity contribution in [3.8, 4) is 6.07 Å². The molecule has 3 heterocycles. The van der Waals surface area contributed by atoms with Crippen LogP contribution in [0, 0.1) is 23.1 Å². The number of aliphatic imine (C=N–C) groups is 1. The molecule has 0 unspecified atom stereocenters. The van der Waals surface area contributed by atoms with E-state index in [-0.39, 0.29) is 38.3 Å². The van der Waals surface area contributed by atoms with E-state index in [2.05, 4.69) is 9.98 Å². The molecule has 1 fully saturated rings. The molecule has 2 aromatic rings. The second kappa shape index (κ2) is 8.59. The molecule has 0 amide bonds. The molecule has 33 heavy (non-hydrogen) atoms. The third-order valence-corrected chi connectivity index (χ3v) is 6.65. The fraction of sp³-hybridized carbons (Fsp3) is 0.286. The van der Waals surface area contributed by atoms with Crippen molar-refractivity contribution in [2.24, 2.45) is 16.6 Å². The fourth-order valence-electron chi connectivity index (χ4n) is 3.95. The van der Waals surface area contributed by atoms with Crippen molar-refractivity contribution in [2.75, 3.05) is 12.4 Å². The van der Waals surface area contributed by atoms with Gasteiger partial charge in [0.2, 0.25) is 0 Å². The van der Waals surface area contributed by atoms with E-state index in [1.54, 1.807) is 0 Å². The van der Waals surface area contributed by atoms with Gasteiger partial charge in [0.1, 0.15) is 23.1 Å². The third kappa shape index (κ3) is 4.30. The summed E-state index contributed by atoms with van der Waals surface area (Å²) >= 11 is 6.92. The Kier molecular flexibility index (Phi) is 6.11. The SMILES string of the molecule is N#Cc1cnc(/C(F)=C/c2ccc(F)c([C@]34CO[C@H](C(F)(F)F)[C@H]3CSC(N)=N4)c2)c(Cl)c1. The van der Waals surface area contributed by atoms with Crippen LogP contribution in [0.15, 0.2) is 35.5 Å². The monoisotopic (exact) mass is 500 g/mol. The van der Waals surface area contributed by atoms with Gasteiger partial charge in [0.15, 0.2) is 17.1 Å². The summed E-state index contributed by atoms with van der Waals surface area (Å²) in [5, 5.41) is 8.78. The van der Waals surface area contributed by atoms with Gasteiger partial charge in [-0.3, -0.25) is 4.98 Å². The lowest BCUT2D eigenvalue weighted by Crippen LogP contribution is -2.46. The number of thioether (sulfide) groups is 1. The van der Waals surface area contributed by atoms with Gasteiger partial charge >= 0.3 is 6.18 Å². The number of rotatable bonds is 3. The molecule has 1 aromatic heterocycles. The highest BCUT2D eigenvalue weighted by molar-refractivity contribution is 8.13. The van der Waals surface area contributed by atoms with E-state index in [0.717, 1.165) is 30.1 Å². The Bertz CT molecular complexity index is 1210. The van der Waals surface area contributed by atoms with Crippen LogP contribution in [0.3, 0.4) is 0 Å². The van der Waals surface area contributed by atoms with Crippen LogP contribution in [-0.2, 0) is 10.3 Å². The summed E-state index contributed by atoms with van der Waals surface area (Å²) in [6.07, 6.45) is -4.67. The molecule has 2 aliphatic heterocycles. The molecule has 0 radical (unpaired) electrons. The van der Waals surface area contributed by atoms with Crippen LogP contribution in [0.25, 0.3) is 11.9 Å². The van der Waals surface area contributed by atoms with Gasteiger partial charge in [-0.05, 0) is 29.8 Å². The Morgan fingerprint density at radius 3 is 2.79 bits per heavy atom. The summed E-state index contributed by atoms with van der Waals surface area (Å²) in [5.41, 5.74) is 3.94. The minimum Gasteiger partial charge on any atom is -0.379 e. The lowest BCUT2D eigenvalue weighted by atomic mass is 9.78. The molecule has 2 N–H and O–H groups in total. The summed E-state index contributed by atoms with van der Waals surface area (Å²) in [4.78, 5) is 8.01. The Morgan fingerprint density at radius 2 is 2.12 bits per heavy atom. The van der Waals surface area contributed by atoms with Gasteiger partial charge in [-0.2, -0.15) is 18.4 Å². The quantitative estimate of drug-likeness (QED) is 0.596. The van der Waals surface area contributed by atoms with Crippen molar-refractivity contribution in [3.63, 3.8) is 0 Å². The number of nitriles is 1. The first-order valence-corrected chi connectivity index (χ1v) is 10.8. The molecule has 0 spiro atoms. The molecule has 2 aliphatic rings. The summed E-state index contributed by atoms with van der Waals surface area (Å²) < 4.78 is 75.4. The van der Waals surface area contributed by atoms with Gasteiger partial charge in [0, 0.05) is 23.4 Å². The van der Waals surface area contributed by atoms with Gasteiger partial charge in [0.05, 0.1) is 17.2 Å². The highest BCUT2D eigenvalue weighted by Crippen LogP contribution is 2.51. The fourth-order valence-corrected chi connectivity index (χ4v) is 5.23. The van der Waals surface area contributed by atoms with Crippen molar-refractivity contribution < 1.29 is 26.7 Å². The molecule has 12 heteroatoms. The maximum Gasteiger partial charge on any atom is 0.415 e. The number of benzene rings is 1. The Labute approximate surface area is 194 Å². The van der Waals surface area contributed by atoms with Gasteiger partial charge < -0.3 is 10.5 Å². The average molecular weight is 501 g/mol. The van der Waals surface area contributed by atoms with E-state index in [1.807, 2.05) is 6.07 Å². The van der Waals surface area contributed by atoms with Crippen molar-refractivity contribution in [1.29, 1.82) is 5.26 Å². The van der Waals surface area contributed by atoms with E-state index < -0.39 is 42.0 Å². The highest BCUT2D eigenvalue weighted by atomic mass is 35.5. The van der Waals surface area contributed by atoms with Crippen LogP contribution in [0.4, 0.5) is 22.0 Å². The molecule has 1 saturated heterocycles. The number of pyridine rings is 1. The minimum atomic E-state index is -4.67. The van der Waals surface area contributed by atoms with E-state index in [1.165, 1.54) is 18.2 Å². The van der Waals surface area contributed by atoms with Crippen molar-refractivity contribution >= 4 is 40.4 Å². The second-order valence-electron chi connectivity index (χ2n) is 7.46. The van der Waals surface area contributed by atoms with E-state index in [9.17, 15) is 22.0 Å². The topological polar surface area (TPSA) is 84.3 Å². The van der Waals surface area contributed by atoms with Gasteiger partial charge in [-0.25, -0.2) is 13.8 Å². The number of aromatic nitrogens is 1. The maximum atomic E-state index is 14.9. The molecule has 172 valence electrons. The van der Waals surface area contributed by atoms with E-state index >= 15 is 0 Å². The number of amidine groups is 1. The molecular weight excluding hydrogens is 487 g/mol. The van der Waals surface area contributed by atoms with Crippen molar-refractivity contribution in [1.82, 2.24) is 4.98 Å². The highest BCUT2D eigenvalue weighted by Gasteiger charge is 2.61. The van der Waals surface area contributed by atoms with Crippen LogP contribution in [-0.4, -0.2) is 34.8 Å². The summed E-state index contributed by atoms with van der Waals surface area (Å²) in [5.74, 6) is -2.99. The molecule has 3 atom stereocenters. The number of fused-ring (bicyclic) bond motifs is 1. The Balaban J connectivity index is 1.78. The average Bonchev–Trinajstić information content (AvgIpc) is 3.14. The second-order valence-corrected chi connectivity index (χ2v) is 8.91. The molecule has 4 rings (SSSR count). The first-order chi connectivity index (χ1) is 15.5. The first-order valence-electron chi connectivity index (χ1n) is 9.45. The number of halogens is 6. The first kappa shape index (κ1) is 23.5. The molecule has 0 aliphatic carbocycles. The minimum absolute atomic E-state index is 0.0118. The zero-order chi connectivity index (χ0) is 24.0. The van der Waals surface area contributed by atoms with Crippen molar-refractivity contribution in [2.45, 2.75) is 17.8 Å². The molecule has 5 nitrogen and oxygen atoms in total. The third-order valence-electron chi connectivity index (χ3n) is 5.45. The predicted octanol–water partition coefficient (Wildman–Crippen LogP) is 5.05. The Hall–Kier alpha value is -2.68. The van der Waals surface area contributed by atoms with Gasteiger partial charge in [-0.15, -0.1) is 0 Å². The zero-order valence-corrected chi connectivity index (χ0v) is 18.1. The zero-order valence-electron chi connectivity index (χ0n) is 16.5. The molecule has 0 bridgehead atoms. The van der Waals surface area contributed by atoms with Gasteiger partial charge in [0.25, 0.3) is 0 Å². The number of nitrogens with zero attached hydrogens (tertiary/aromatic N) is 3. The predicted molar refractivity (Wildman–Crippen MR) is 114 cm³/mol. The number of hydrogen-bond acceptors (Lipinski definition) is 6. The lowest BCUT2D eigenvalue weighted by molar-refractivity contribution is -0.215. The summed E-state index contributed by atoms with van der Waals surface area (Å²) in [7, 11) is 0. The number of nitrogens with two attached hydrogens (primary N) is 1. The molecular formula is C21H14ClF5N4OS. The standard InChI is InChI=1S/C21H14ClF5N4OS/c22-14-4-11(6-28)7-30-17(14)16(24)5-10-1-2-15(23)12(3-10)20-9-32-18(21(25,26)27)13(20)8-33-19(29)31-20/h1-5,7,13,18H,8-9H2,(H2,29,31)/b16-5-/t13-,18+,20-/m1/s1. The maximum absolute atomic E-state index is 14.9. The Morgan fingerprint density at radius 1 is 1.36 bits per heavy atom. The lowest BCUT2D eigenvalue weighted by Gasteiger charge is -2.36. The summed E-state index contributed by atoms with van der Waals surface area (Å²) in [6.45, 7) is -0.529. The molecule has 0 saturated carbocycles. The van der Waals surface area contributed by atoms with E-state index in [0.29, 0.717) is 0 Å². The van der Waals surface area contributed by atoms with Crippen LogP contribution in [0.5, 0.6) is 0 Å². The van der Waals surface area contributed by atoms with Crippen LogP contribution in [0.2, 0.25) is 5.02 Å². The number of alkyl halides is 3. The molecule has 1 aromatic carbocycles. The van der Waals surface area contributed by atoms with Crippen molar-refractivity contribution in [3.05, 3.63) is 63.7 Å². The summed E-state index contributed by atoms with van der Waals surface area (Å²) in [6, 6.07) is 6.55. The van der Waals surface area contributed by atoms with Gasteiger partial charge in [-0.1, -0.05) is 29.4 Å². The largest absolute Gasteiger partial charge is 0.415 e.